The van der Waals surface area contributed by atoms with Gasteiger partial charge >= 0.3 is 0 Å². The zero-order valence-electron chi connectivity index (χ0n) is 17.2. The van der Waals surface area contributed by atoms with Crippen LogP contribution in [0.2, 0.25) is 0 Å². The van der Waals surface area contributed by atoms with Crippen molar-refractivity contribution in [3.05, 3.63) is 101 Å². The SMILES string of the molecule is O=C(N[C@@H](c1ccccn1)C1CCN(Cc2cccc(F)c2)CC1)c1cccc(F)c1. The molecular formula is C25H25F2N3O. The van der Waals surface area contributed by atoms with Crippen molar-refractivity contribution >= 4 is 5.91 Å². The Balaban J connectivity index is 1.45. The van der Waals surface area contributed by atoms with Crippen LogP contribution in [-0.2, 0) is 6.54 Å². The molecule has 3 aromatic rings. The molecule has 0 spiro atoms. The molecule has 0 aliphatic carbocycles. The molecule has 1 aromatic heterocycles. The standard InChI is InChI=1S/C25H25F2N3O/c26-21-7-3-5-18(15-21)17-30-13-10-19(11-14-30)24(23-9-1-2-12-28-23)29-25(31)20-6-4-8-22(27)16-20/h1-9,12,15-16,19,24H,10-11,13-14,17H2,(H,29,31)/t24-/m1/s1. The summed E-state index contributed by atoms with van der Waals surface area (Å²) < 4.78 is 27.0. The van der Waals surface area contributed by atoms with Crippen LogP contribution in [0.1, 0.15) is 40.5 Å². The molecular weight excluding hydrogens is 396 g/mol. The van der Waals surface area contributed by atoms with Gasteiger partial charge in [0.15, 0.2) is 0 Å². The van der Waals surface area contributed by atoms with Crippen LogP contribution in [0.5, 0.6) is 0 Å². The number of halogens is 2. The van der Waals surface area contributed by atoms with Crippen LogP contribution in [0.3, 0.4) is 0 Å². The highest BCUT2D eigenvalue weighted by molar-refractivity contribution is 5.94. The topological polar surface area (TPSA) is 45.2 Å². The quantitative estimate of drug-likeness (QED) is 0.625. The molecule has 0 saturated carbocycles. The molecule has 1 amide bonds. The number of aromatic nitrogens is 1. The molecule has 2 heterocycles. The minimum Gasteiger partial charge on any atom is -0.343 e. The van der Waals surface area contributed by atoms with E-state index < -0.39 is 5.82 Å². The Morgan fingerprint density at radius 3 is 2.42 bits per heavy atom. The zero-order chi connectivity index (χ0) is 21.6. The van der Waals surface area contributed by atoms with E-state index in [1.54, 1.807) is 24.4 Å². The van der Waals surface area contributed by atoms with Crippen LogP contribution in [0.4, 0.5) is 8.78 Å². The van der Waals surface area contributed by atoms with E-state index in [2.05, 4.69) is 15.2 Å². The van der Waals surface area contributed by atoms with Gasteiger partial charge in [-0.3, -0.25) is 14.7 Å². The third-order valence-electron chi connectivity index (χ3n) is 5.78. The lowest BCUT2D eigenvalue weighted by Gasteiger charge is -2.36. The molecule has 1 saturated heterocycles. The van der Waals surface area contributed by atoms with E-state index in [1.165, 1.54) is 24.3 Å². The van der Waals surface area contributed by atoms with Crippen LogP contribution in [0, 0.1) is 17.6 Å². The van der Waals surface area contributed by atoms with E-state index in [-0.39, 0.29) is 23.7 Å². The van der Waals surface area contributed by atoms with Gasteiger partial charge in [0, 0.05) is 18.3 Å². The zero-order valence-corrected chi connectivity index (χ0v) is 17.2. The summed E-state index contributed by atoms with van der Waals surface area (Å²) in [4.78, 5) is 19.6. The highest BCUT2D eigenvalue weighted by atomic mass is 19.1. The first kappa shape index (κ1) is 21.1. The molecule has 0 bridgehead atoms. The maximum Gasteiger partial charge on any atom is 0.251 e. The number of hydrogen-bond donors (Lipinski definition) is 1. The molecule has 0 radical (unpaired) electrons. The van der Waals surface area contributed by atoms with Crippen LogP contribution < -0.4 is 5.32 Å². The highest BCUT2D eigenvalue weighted by Gasteiger charge is 2.30. The third kappa shape index (κ3) is 5.52. The largest absolute Gasteiger partial charge is 0.343 e. The van der Waals surface area contributed by atoms with Crippen molar-refractivity contribution < 1.29 is 13.6 Å². The van der Waals surface area contributed by atoms with Crippen molar-refractivity contribution in [1.29, 1.82) is 0 Å². The van der Waals surface area contributed by atoms with E-state index in [1.807, 2.05) is 24.3 Å². The lowest BCUT2D eigenvalue weighted by atomic mass is 9.87. The number of nitrogens with one attached hydrogen (secondary N) is 1. The van der Waals surface area contributed by atoms with E-state index >= 15 is 0 Å². The first-order valence-corrected chi connectivity index (χ1v) is 10.5. The number of rotatable bonds is 6. The summed E-state index contributed by atoms with van der Waals surface area (Å²) in [6.45, 7) is 2.40. The van der Waals surface area contributed by atoms with Gasteiger partial charge in [-0.2, -0.15) is 0 Å². The molecule has 0 unspecified atom stereocenters. The summed E-state index contributed by atoms with van der Waals surface area (Å²) in [5.74, 6) is -0.760. The molecule has 4 nitrogen and oxygen atoms in total. The van der Waals surface area contributed by atoms with Gasteiger partial charge in [-0.05, 0) is 79.9 Å². The minimum absolute atomic E-state index is 0.205. The molecule has 6 heteroatoms. The molecule has 1 aliphatic heterocycles. The average molecular weight is 421 g/mol. The van der Waals surface area contributed by atoms with E-state index in [9.17, 15) is 13.6 Å². The van der Waals surface area contributed by atoms with E-state index in [0.29, 0.717) is 12.1 Å². The second-order valence-electron chi connectivity index (χ2n) is 7.96. The Morgan fingerprint density at radius 2 is 1.74 bits per heavy atom. The highest BCUT2D eigenvalue weighted by Crippen LogP contribution is 2.31. The fourth-order valence-corrected chi connectivity index (χ4v) is 4.19. The van der Waals surface area contributed by atoms with E-state index in [0.717, 1.165) is 37.2 Å². The summed E-state index contributed by atoms with van der Waals surface area (Å²) in [6.07, 6.45) is 3.47. The van der Waals surface area contributed by atoms with Crippen LogP contribution >= 0.6 is 0 Å². The monoisotopic (exact) mass is 421 g/mol. The van der Waals surface area contributed by atoms with Gasteiger partial charge in [-0.15, -0.1) is 0 Å². The molecule has 31 heavy (non-hydrogen) atoms. The van der Waals surface area contributed by atoms with Gasteiger partial charge in [0.1, 0.15) is 11.6 Å². The van der Waals surface area contributed by atoms with Crippen molar-refractivity contribution in [2.24, 2.45) is 5.92 Å². The summed E-state index contributed by atoms with van der Waals surface area (Å²) >= 11 is 0. The molecule has 1 N–H and O–H groups in total. The fraction of sp³-hybridized carbons (Fsp3) is 0.280. The number of hydrogen-bond acceptors (Lipinski definition) is 3. The number of amides is 1. The summed E-state index contributed by atoms with van der Waals surface area (Å²) in [5.41, 5.74) is 2.06. The minimum atomic E-state index is -0.437. The van der Waals surface area contributed by atoms with Gasteiger partial charge in [0.05, 0.1) is 11.7 Å². The van der Waals surface area contributed by atoms with Crippen LogP contribution in [0.15, 0.2) is 72.9 Å². The maximum absolute atomic E-state index is 13.6. The summed E-state index contributed by atoms with van der Waals surface area (Å²) in [6, 6.07) is 17.8. The van der Waals surface area contributed by atoms with E-state index in [4.69, 9.17) is 0 Å². The lowest BCUT2D eigenvalue weighted by Crippen LogP contribution is -2.40. The number of carbonyl (C=O) groups excluding carboxylic acids is 1. The predicted octanol–water partition coefficient (Wildman–Crippen LogP) is 4.74. The number of piperidine rings is 1. The molecule has 160 valence electrons. The Kier molecular flexibility index (Phi) is 6.67. The summed E-state index contributed by atoms with van der Waals surface area (Å²) in [7, 11) is 0. The van der Waals surface area contributed by atoms with Gasteiger partial charge in [-0.25, -0.2) is 8.78 Å². The molecule has 2 aromatic carbocycles. The van der Waals surface area contributed by atoms with Crippen LogP contribution in [0.25, 0.3) is 0 Å². The number of pyridine rings is 1. The Bertz CT molecular complexity index is 1020. The number of carbonyl (C=O) groups is 1. The van der Waals surface area contributed by atoms with Gasteiger partial charge in [0.25, 0.3) is 5.91 Å². The smallest absolute Gasteiger partial charge is 0.251 e. The van der Waals surface area contributed by atoms with Crippen molar-refractivity contribution in [3.8, 4) is 0 Å². The molecule has 4 rings (SSSR count). The van der Waals surface area contributed by atoms with Gasteiger partial charge in [-0.1, -0.05) is 24.3 Å². The molecule has 1 atom stereocenters. The van der Waals surface area contributed by atoms with Crippen molar-refractivity contribution in [2.45, 2.75) is 25.4 Å². The van der Waals surface area contributed by atoms with Gasteiger partial charge in [0.2, 0.25) is 0 Å². The average Bonchev–Trinajstić information content (AvgIpc) is 2.79. The van der Waals surface area contributed by atoms with Crippen molar-refractivity contribution in [2.75, 3.05) is 13.1 Å². The normalized spacial score (nSPS) is 16.1. The second kappa shape index (κ2) is 9.79. The van der Waals surface area contributed by atoms with Crippen LogP contribution in [-0.4, -0.2) is 28.9 Å². The second-order valence-corrected chi connectivity index (χ2v) is 7.96. The van der Waals surface area contributed by atoms with Crippen molar-refractivity contribution in [3.63, 3.8) is 0 Å². The Hall–Kier alpha value is -3.12. The van der Waals surface area contributed by atoms with Crippen molar-refractivity contribution in [1.82, 2.24) is 15.2 Å². The lowest BCUT2D eigenvalue weighted by molar-refractivity contribution is 0.0888. The maximum atomic E-state index is 13.6. The third-order valence-corrected chi connectivity index (χ3v) is 5.78. The number of benzene rings is 2. The number of nitrogens with zero attached hydrogens (tertiary/aromatic N) is 2. The molecule has 1 aliphatic rings. The first-order valence-electron chi connectivity index (χ1n) is 10.5. The Morgan fingerprint density at radius 1 is 1.00 bits per heavy atom. The number of likely N-dealkylation sites (tertiary alicyclic amines) is 1. The summed E-state index contributed by atoms with van der Waals surface area (Å²) in [5, 5.41) is 3.08. The first-order chi connectivity index (χ1) is 15.1. The fourth-order valence-electron chi connectivity index (χ4n) is 4.19. The van der Waals surface area contributed by atoms with Gasteiger partial charge < -0.3 is 5.32 Å². The Labute approximate surface area is 180 Å². The predicted molar refractivity (Wildman–Crippen MR) is 115 cm³/mol. The molecule has 1 fully saturated rings.